The molecule has 1 aromatic rings. The van der Waals surface area contributed by atoms with Gasteiger partial charge < -0.3 is 5.73 Å². The van der Waals surface area contributed by atoms with Crippen LogP contribution < -0.4 is 5.73 Å². The molecular formula is C11H16ClN3O4S. The summed E-state index contributed by atoms with van der Waals surface area (Å²) in [5.74, 6) is 0. The maximum atomic E-state index is 12.5. The van der Waals surface area contributed by atoms with Gasteiger partial charge in [-0.05, 0) is 18.9 Å². The summed E-state index contributed by atoms with van der Waals surface area (Å²) in [6.45, 7) is 0.579. The normalized spacial score (nSPS) is 19.6. The Labute approximate surface area is 123 Å². The highest BCUT2D eigenvalue weighted by molar-refractivity contribution is 7.89. The van der Waals surface area contributed by atoms with Gasteiger partial charge in [-0.25, -0.2) is 8.42 Å². The monoisotopic (exact) mass is 321 g/mol. The first-order valence-electron chi connectivity index (χ1n) is 5.94. The summed E-state index contributed by atoms with van der Waals surface area (Å²) in [6.07, 6.45) is 1.41. The van der Waals surface area contributed by atoms with E-state index in [9.17, 15) is 18.5 Å². The minimum atomic E-state index is -3.86. The summed E-state index contributed by atoms with van der Waals surface area (Å²) in [5.41, 5.74) is 5.16. The molecule has 1 fully saturated rings. The van der Waals surface area contributed by atoms with Crippen molar-refractivity contribution in [2.75, 3.05) is 13.1 Å². The van der Waals surface area contributed by atoms with Gasteiger partial charge in [0.05, 0.1) is 4.92 Å². The molecule has 0 spiro atoms. The van der Waals surface area contributed by atoms with Gasteiger partial charge in [0.2, 0.25) is 10.0 Å². The molecule has 2 N–H and O–H groups in total. The van der Waals surface area contributed by atoms with Gasteiger partial charge >= 0.3 is 0 Å². The summed E-state index contributed by atoms with van der Waals surface area (Å²) in [5, 5.41) is 10.9. The quantitative estimate of drug-likeness (QED) is 0.660. The Hall–Kier alpha value is -1.22. The number of rotatable bonds is 4. The van der Waals surface area contributed by atoms with Crippen molar-refractivity contribution in [3.63, 3.8) is 0 Å². The van der Waals surface area contributed by atoms with Crippen LogP contribution in [0.1, 0.15) is 12.8 Å². The second-order valence-electron chi connectivity index (χ2n) is 4.37. The van der Waals surface area contributed by atoms with Crippen molar-refractivity contribution in [2.45, 2.75) is 23.8 Å². The molecule has 112 valence electrons. The van der Waals surface area contributed by atoms with E-state index in [2.05, 4.69) is 0 Å². The highest BCUT2D eigenvalue weighted by atomic mass is 35.5. The fourth-order valence-electron chi connectivity index (χ4n) is 2.31. The van der Waals surface area contributed by atoms with Crippen molar-refractivity contribution in [2.24, 2.45) is 5.73 Å². The Kier molecular flexibility index (Phi) is 5.46. The Balaban J connectivity index is 0.00000200. The third-order valence-electron chi connectivity index (χ3n) is 3.24. The van der Waals surface area contributed by atoms with Gasteiger partial charge in [-0.1, -0.05) is 12.1 Å². The molecule has 1 saturated heterocycles. The zero-order chi connectivity index (χ0) is 14.0. The van der Waals surface area contributed by atoms with Gasteiger partial charge in [0, 0.05) is 25.2 Å². The zero-order valence-electron chi connectivity index (χ0n) is 10.6. The lowest BCUT2D eigenvalue weighted by Crippen LogP contribution is -2.40. The summed E-state index contributed by atoms with van der Waals surface area (Å²) < 4.78 is 26.3. The van der Waals surface area contributed by atoms with Crippen LogP contribution in [0.5, 0.6) is 0 Å². The molecule has 7 nitrogen and oxygen atoms in total. The summed E-state index contributed by atoms with van der Waals surface area (Å²) in [4.78, 5) is 9.99. The molecule has 0 saturated carbocycles. The van der Waals surface area contributed by atoms with Crippen LogP contribution in [0, 0.1) is 10.1 Å². The molecule has 0 radical (unpaired) electrons. The smallest absolute Gasteiger partial charge is 0.289 e. The standard InChI is InChI=1S/C11H15N3O4S.ClH/c12-8-9-4-3-7-13(9)19(17,18)11-6-2-1-5-10(11)14(15)16;/h1-2,5-6,9H,3-4,7-8,12H2;1H. The fraction of sp³-hybridized carbons (Fsp3) is 0.455. The number of para-hydroxylation sites is 1. The molecule has 1 unspecified atom stereocenters. The van der Waals surface area contributed by atoms with Crippen molar-refractivity contribution in [1.29, 1.82) is 0 Å². The average molecular weight is 322 g/mol. The van der Waals surface area contributed by atoms with E-state index in [0.29, 0.717) is 13.0 Å². The van der Waals surface area contributed by atoms with E-state index in [4.69, 9.17) is 5.73 Å². The predicted molar refractivity (Wildman–Crippen MR) is 76.3 cm³/mol. The number of hydrogen-bond acceptors (Lipinski definition) is 5. The molecule has 1 aromatic carbocycles. The maximum Gasteiger partial charge on any atom is 0.289 e. The number of nitrogens with two attached hydrogens (primary N) is 1. The van der Waals surface area contributed by atoms with Gasteiger partial charge in [0.1, 0.15) is 0 Å². The van der Waals surface area contributed by atoms with Gasteiger partial charge in [0.25, 0.3) is 5.69 Å². The van der Waals surface area contributed by atoms with Crippen molar-refractivity contribution >= 4 is 28.1 Å². The first-order valence-corrected chi connectivity index (χ1v) is 7.38. The van der Waals surface area contributed by atoms with Gasteiger partial charge in [-0.2, -0.15) is 4.31 Å². The zero-order valence-corrected chi connectivity index (χ0v) is 12.3. The number of nitrogens with zero attached hydrogens (tertiary/aromatic N) is 2. The van der Waals surface area contributed by atoms with Crippen LogP contribution in [0.4, 0.5) is 5.69 Å². The number of sulfonamides is 1. The highest BCUT2D eigenvalue weighted by Gasteiger charge is 2.37. The Bertz CT molecular complexity index is 593. The molecule has 1 aliphatic heterocycles. The highest BCUT2D eigenvalue weighted by Crippen LogP contribution is 2.30. The minimum Gasteiger partial charge on any atom is -0.329 e. The van der Waals surface area contributed by atoms with Crippen molar-refractivity contribution < 1.29 is 13.3 Å². The summed E-state index contributed by atoms with van der Waals surface area (Å²) >= 11 is 0. The molecule has 9 heteroatoms. The third-order valence-corrected chi connectivity index (χ3v) is 5.24. The van der Waals surface area contributed by atoms with Crippen LogP contribution in [0.25, 0.3) is 0 Å². The lowest BCUT2D eigenvalue weighted by Gasteiger charge is -2.22. The second kappa shape index (κ2) is 6.49. The van der Waals surface area contributed by atoms with E-state index < -0.39 is 20.6 Å². The Morgan fingerprint density at radius 3 is 2.65 bits per heavy atom. The van der Waals surface area contributed by atoms with Crippen LogP contribution in [0.3, 0.4) is 0 Å². The number of nitro benzene ring substituents is 1. The first kappa shape index (κ1) is 16.8. The Morgan fingerprint density at radius 2 is 2.05 bits per heavy atom. The third kappa shape index (κ3) is 2.93. The minimum absolute atomic E-state index is 0. The van der Waals surface area contributed by atoms with Crippen LogP contribution in [-0.2, 0) is 10.0 Å². The van der Waals surface area contributed by atoms with Crippen LogP contribution in [0.15, 0.2) is 29.2 Å². The first-order chi connectivity index (χ1) is 8.98. The molecular weight excluding hydrogens is 306 g/mol. The number of halogens is 1. The van der Waals surface area contributed by atoms with E-state index in [1.807, 2.05) is 0 Å². The van der Waals surface area contributed by atoms with Crippen LogP contribution in [-0.4, -0.2) is 36.8 Å². The number of benzene rings is 1. The summed E-state index contributed by atoms with van der Waals surface area (Å²) in [7, 11) is -3.86. The maximum absolute atomic E-state index is 12.5. The number of hydrogen-bond donors (Lipinski definition) is 1. The van der Waals surface area contributed by atoms with E-state index in [1.54, 1.807) is 0 Å². The molecule has 0 bridgehead atoms. The predicted octanol–water partition coefficient (Wildman–Crippen LogP) is 1.13. The van der Waals surface area contributed by atoms with Gasteiger partial charge in [0.15, 0.2) is 4.90 Å². The molecule has 0 aromatic heterocycles. The molecule has 20 heavy (non-hydrogen) atoms. The van der Waals surface area contributed by atoms with E-state index in [-0.39, 0.29) is 29.9 Å². The molecule has 0 aliphatic carbocycles. The lowest BCUT2D eigenvalue weighted by atomic mass is 10.2. The van der Waals surface area contributed by atoms with Crippen molar-refractivity contribution in [3.05, 3.63) is 34.4 Å². The SMILES string of the molecule is Cl.NCC1CCCN1S(=O)(=O)c1ccccc1[N+](=O)[O-]. The molecule has 1 aliphatic rings. The van der Waals surface area contributed by atoms with Crippen LogP contribution >= 0.6 is 12.4 Å². The number of nitro groups is 1. The Morgan fingerprint density at radius 1 is 1.40 bits per heavy atom. The molecule has 2 rings (SSSR count). The largest absolute Gasteiger partial charge is 0.329 e. The summed E-state index contributed by atoms with van der Waals surface area (Å²) in [6, 6.07) is 5.11. The topological polar surface area (TPSA) is 107 Å². The fourth-order valence-corrected chi connectivity index (χ4v) is 4.18. The van der Waals surface area contributed by atoms with E-state index in [1.165, 1.54) is 28.6 Å². The molecule has 1 heterocycles. The van der Waals surface area contributed by atoms with Crippen molar-refractivity contribution in [3.8, 4) is 0 Å². The molecule has 0 amide bonds. The van der Waals surface area contributed by atoms with Gasteiger partial charge in [-0.15, -0.1) is 12.4 Å². The van der Waals surface area contributed by atoms with E-state index in [0.717, 1.165) is 6.42 Å². The molecule has 1 atom stereocenters. The van der Waals surface area contributed by atoms with Crippen molar-refractivity contribution in [1.82, 2.24) is 4.31 Å². The second-order valence-corrected chi connectivity index (χ2v) is 6.23. The van der Waals surface area contributed by atoms with Crippen LogP contribution in [0.2, 0.25) is 0 Å². The van der Waals surface area contributed by atoms with E-state index >= 15 is 0 Å². The van der Waals surface area contributed by atoms with Gasteiger partial charge in [-0.3, -0.25) is 10.1 Å². The average Bonchev–Trinajstić information content (AvgIpc) is 2.87. The lowest BCUT2D eigenvalue weighted by molar-refractivity contribution is -0.387.